The Hall–Kier alpha value is -1.65. The number of ether oxygens (including phenoxy) is 1. The Balaban J connectivity index is 1.70. The third-order valence-corrected chi connectivity index (χ3v) is 8.77. The van der Waals surface area contributed by atoms with Gasteiger partial charge >= 0.3 is 6.16 Å². The van der Waals surface area contributed by atoms with E-state index >= 15 is 0 Å². The second-order valence-corrected chi connectivity index (χ2v) is 9.70. The maximum absolute atomic E-state index is 12.2. The molecule has 1 N–H and O–H groups in total. The van der Waals surface area contributed by atoms with Crippen LogP contribution in [0.25, 0.3) is 0 Å². The van der Waals surface area contributed by atoms with E-state index in [1.54, 1.807) is 13.0 Å². The summed E-state index contributed by atoms with van der Waals surface area (Å²) in [6.45, 7) is 6.16. The standard InChI is InChI=1S/C22H30O5/c1-12(23)16-6-7-17-15-5-4-13-10-14(24)11-19(27-20(25)26)22(13,3)18(15)8-9-21(16,17)2/h10,15-19H,4-9,11H2,1-3H3,(H,25,26)/t15-,16+,17-,18-,19?,21+,22-/m0/s1. The molecule has 3 saturated carbocycles. The summed E-state index contributed by atoms with van der Waals surface area (Å²) in [4.78, 5) is 35.7. The van der Waals surface area contributed by atoms with Crippen LogP contribution in [-0.2, 0) is 14.3 Å². The Morgan fingerprint density at radius 1 is 1.15 bits per heavy atom. The highest BCUT2D eigenvalue weighted by Gasteiger charge is 2.62. The predicted molar refractivity (Wildman–Crippen MR) is 99.2 cm³/mol. The van der Waals surface area contributed by atoms with Crippen molar-refractivity contribution in [2.75, 3.05) is 0 Å². The van der Waals surface area contributed by atoms with Crippen molar-refractivity contribution in [3.05, 3.63) is 11.6 Å². The van der Waals surface area contributed by atoms with Crippen molar-refractivity contribution < 1.29 is 24.2 Å². The van der Waals surface area contributed by atoms with Crippen molar-refractivity contribution in [2.24, 2.45) is 34.5 Å². The quantitative estimate of drug-likeness (QED) is 0.725. The number of hydrogen-bond acceptors (Lipinski definition) is 4. The molecule has 27 heavy (non-hydrogen) atoms. The van der Waals surface area contributed by atoms with Crippen LogP contribution >= 0.6 is 0 Å². The second kappa shape index (κ2) is 6.18. The summed E-state index contributed by atoms with van der Waals surface area (Å²) < 4.78 is 5.28. The number of rotatable bonds is 2. The Morgan fingerprint density at radius 2 is 1.89 bits per heavy atom. The lowest BCUT2D eigenvalue weighted by Gasteiger charge is -2.59. The molecule has 7 atom stereocenters. The van der Waals surface area contributed by atoms with Crippen LogP contribution in [0.5, 0.6) is 0 Å². The molecule has 0 aromatic heterocycles. The fourth-order valence-electron chi connectivity index (χ4n) is 7.54. The summed E-state index contributed by atoms with van der Waals surface area (Å²) in [5, 5.41) is 9.25. The molecule has 0 amide bonds. The largest absolute Gasteiger partial charge is 0.506 e. The van der Waals surface area contributed by atoms with E-state index in [1.165, 1.54) is 0 Å². The zero-order chi connectivity index (χ0) is 19.6. The number of carbonyl (C=O) groups is 3. The monoisotopic (exact) mass is 374 g/mol. The Morgan fingerprint density at radius 3 is 2.56 bits per heavy atom. The van der Waals surface area contributed by atoms with Crippen LogP contribution in [-0.4, -0.2) is 28.9 Å². The topological polar surface area (TPSA) is 80.7 Å². The van der Waals surface area contributed by atoms with Crippen LogP contribution < -0.4 is 0 Å². The second-order valence-electron chi connectivity index (χ2n) is 9.70. The average Bonchev–Trinajstić information content (AvgIpc) is 2.93. The molecule has 0 aliphatic heterocycles. The molecule has 4 aliphatic rings. The SMILES string of the molecule is CC(=O)[C@H]1CC[C@H]2[C@@H]3CCC4=CC(=O)CC(OC(=O)O)[C@]4(C)[C@H]3CC[C@]12C. The van der Waals surface area contributed by atoms with E-state index in [0.29, 0.717) is 23.5 Å². The zero-order valence-electron chi connectivity index (χ0n) is 16.5. The smallest absolute Gasteiger partial charge is 0.450 e. The van der Waals surface area contributed by atoms with Gasteiger partial charge in [-0.05, 0) is 74.7 Å². The molecule has 0 bridgehead atoms. The lowest BCUT2D eigenvalue weighted by Crippen LogP contribution is -2.56. The van der Waals surface area contributed by atoms with Gasteiger partial charge < -0.3 is 9.84 Å². The van der Waals surface area contributed by atoms with Gasteiger partial charge in [0.1, 0.15) is 11.9 Å². The first kappa shape index (κ1) is 18.7. The van der Waals surface area contributed by atoms with Crippen molar-refractivity contribution >= 4 is 17.7 Å². The van der Waals surface area contributed by atoms with Crippen LogP contribution in [0.4, 0.5) is 4.79 Å². The maximum Gasteiger partial charge on any atom is 0.506 e. The summed E-state index contributed by atoms with van der Waals surface area (Å²) in [6.07, 6.45) is 5.92. The Kier molecular flexibility index (Phi) is 4.28. The maximum atomic E-state index is 12.2. The summed E-state index contributed by atoms with van der Waals surface area (Å²) in [6, 6.07) is 0. The fraction of sp³-hybridized carbons (Fsp3) is 0.773. The van der Waals surface area contributed by atoms with Crippen LogP contribution in [0.2, 0.25) is 0 Å². The van der Waals surface area contributed by atoms with Crippen LogP contribution in [0, 0.1) is 34.5 Å². The normalized spacial score (nSPS) is 46.0. The first-order valence-corrected chi connectivity index (χ1v) is 10.3. The number of ketones is 2. The van der Waals surface area contributed by atoms with Crippen molar-refractivity contribution in [2.45, 2.75) is 71.8 Å². The minimum atomic E-state index is -1.30. The summed E-state index contributed by atoms with van der Waals surface area (Å²) in [5.41, 5.74) is 0.749. The van der Waals surface area contributed by atoms with E-state index in [2.05, 4.69) is 13.8 Å². The molecule has 5 nitrogen and oxygen atoms in total. The summed E-state index contributed by atoms with van der Waals surface area (Å²) in [5.74, 6) is 1.75. The van der Waals surface area contributed by atoms with E-state index in [1.807, 2.05) is 0 Å². The minimum Gasteiger partial charge on any atom is -0.450 e. The molecule has 0 aromatic rings. The van der Waals surface area contributed by atoms with Crippen molar-refractivity contribution in [1.82, 2.24) is 0 Å². The predicted octanol–water partition coefficient (Wildman–Crippen LogP) is 4.40. The van der Waals surface area contributed by atoms with E-state index in [4.69, 9.17) is 4.74 Å². The number of carboxylic acid groups (broad SMARTS) is 1. The fourth-order valence-corrected chi connectivity index (χ4v) is 7.54. The van der Waals surface area contributed by atoms with Gasteiger partial charge in [0, 0.05) is 17.8 Å². The number of Topliss-reactive ketones (excluding diaryl/α,β-unsaturated/α-hetero) is 1. The molecule has 1 unspecified atom stereocenters. The third kappa shape index (κ3) is 2.60. The van der Waals surface area contributed by atoms with E-state index < -0.39 is 17.7 Å². The highest BCUT2D eigenvalue weighted by atomic mass is 16.7. The van der Waals surface area contributed by atoms with Gasteiger partial charge in [0.05, 0.1) is 0 Å². The van der Waals surface area contributed by atoms with Gasteiger partial charge in [-0.15, -0.1) is 0 Å². The Labute approximate surface area is 160 Å². The number of hydrogen-bond donors (Lipinski definition) is 1. The van der Waals surface area contributed by atoms with Crippen LogP contribution in [0.3, 0.4) is 0 Å². The van der Waals surface area contributed by atoms with Gasteiger partial charge in [-0.1, -0.05) is 19.4 Å². The van der Waals surface area contributed by atoms with E-state index in [-0.39, 0.29) is 23.5 Å². The molecule has 0 heterocycles. The van der Waals surface area contributed by atoms with E-state index in [9.17, 15) is 19.5 Å². The molecule has 3 fully saturated rings. The summed E-state index contributed by atoms with van der Waals surface area (Å²) >= 11 is 0. The zero-order valence-corrected chi connectivity index (χ0v) is 16.5. The van der Waals surface area contributed by atoms with Gasteiger partial charge in [0.25, 0.3) is 0 Å². The molecule has 4 aliphatic carbocycles. The molecular weight excluding hydrogens is 344 g/mol. The highest BCUT2D eigenvalue weighted by molar-refractivity contribution is 5.92. The van der Waals surface area contributed by atoms with Gasteiger partial charge in [-0.3, -0.25) is 9.59 Å². The summed E-state index contributed by atoms with van der Waals surface area (Å²) in [7, 11) is 0. The first-order valence-electron chi connectivity index (χ1n) is 10.3. The van der Waals surface area contributed by atoms with Gasteiger partial charge in [0.2, 0.25) is 0 Å². The van der Waals surface area contributed by atoms with Gasteiger partial charge in [0.15, 0.2) is 5.78 Å². The molecule has 0 spiro atoms. The average molecular weight is 374 g/mol. The number of carbonyl (C=O) groups excluding carboxylic acids is 2. The van der Waals surface area contributed by atoms with Crippen molar-refractivity contribution in [3.8, 4) is 0 Å². The molecule has 0 radical (unpaired) electrons. The van der Waals surface area contributed by atoms with Gasteiger partial charge in [-0.25, -0.2) is 4.79 Å². The highest BCUT2D eigenvalue weighted by Crippen LogP contribution is 2.66. The number of fused-ring (bicyclic) bond motifs is 5. The first-order chi connectivity index (χ1) is 12.7. The van der Waals surface area contributed by atoms with Crippen LogP contribution in [0.1, 0.15) is 65.7 Å². The third-order valence-electron chi connectivity index (χ3n) is 8.77. The van der Waals surface area contributed by atoms with Crippen molar-refractivity contribution in [1.29, 1.82) is 0 Å². The van der Waals surface area contributed by atoms with Crippen LogP contribution in [0.15, 0.2) is 11.6 Å². The van der Waals surface area contributed by atoms with Crippen molar-refractivity contribution in [3.63, 3.8) is 0 Å². The Bertz CT molecular complexity index is 724. The lowest BCUT2D eigenvalue weighted by molar-refractivity contribution is -0.136. The molecule has 4 rings (SSSR count). The van der Waals surface area contributed by atoms with E-state index in [0.717, 1.165) is 44.1 Å². The molecule has 5 heteroatoms. The molecular formula is C22H30O5. The lowest BCUT2D eigenvalue weighted by atomic mass is 9.46. The molecule has 0 aromatic carbocycles. The minimum absolute atomic E-state index is 0.0228. The molecule has 0 saturated heterocycles. The molecule has 148 valence electrons. The van der Waals surface area contributed by atoms with Gasteiger partial charge in [-0.2, -0.15) is 0 Å².